The van der Waals surface area contributed by atoms with Crippen LogP contribution in [0.3, 0.4) is 0 Å². The van der Waals surface area contributed by atoms with E-state index in [1.54, 1.807) is 7.05 Å². The van der Waals surface area contributed by atoms with E-state index in [4.69, 9.17) is 16.3 Å². The fraction of sp³-hybridized carbons (Fsp3) is 0.211. The molecule has 0 bridgehead atoms. The summed E-state index contributed by atoms with van der Waals surface area (Å²) in [6.45, 7) is 3.71. The van der Waals surface area contributed by atoms with Crippen LogP contribution < -0.4 is 9.64 Å². The number of aromatic nitrogens is 2. The van der Waals surface area contributed by atoms with Gasteiger partial charge in [0.2, 0.25) is 5.13 Å². The van der Waals surface area contributed by atoms with E-state index in [1.165, 1.54) is 16.2 Å². The molecule has 0 unspecified atom stereocenters. The number of hydrogen-bond donors (Lipinski definition) is 0. The van der Waals surface area contributed by atoms with E-state index in [1.807, 2.05) is 50.2 Å². The molecule has 8 heteroatoms. The Balaban J connectivity index is 1.66. The monoisotopic (exact) mass is 465 g/mol. The first-order valence-corrected chi connectivity index (χ1v) is 10.1. The molecule has 27 heavy (non-hydrogen) atoms. The molecule has 2 aromatic carbocycles. The smallest absolute Gasteiger partial charge is 0.266 e. The van der Waals surface area contributed by atoms with Crippen LogP contribution >= 0.6 is 38.9 Å². The zero-order valence-corrected chi connectivity index (χ0v) is 18.2. The van der Waals surface area contributed by atoms with Gasteiger partial charge in [-0.25, -0.2) is 0 Å². The molecule has 0 radical (unpaired) electrons. The van der Waals surface area contributed by atoms with E-state index >= 15 is 0 Å². The molecular weight excluding hydrogens is 450 g/mol. The zero-order valence-electron chi connectivity index (χ0n) is 15.0. The summed E-state index contributed by atoms with van der Waals surface area (Å²) in [5, 5.41) is 10.3. The average molecular weight is 467 g/mol. The summed E-state index contributed by atoms with van der Waals surface area (Å²) < 4.78 is 6.63. The van der Waals surface area contributed by atoms with E-state index in [2.05, 4.69) is 26.1 Å². The minimum absolute atomic E-state index is 0.0930. The van der Waals surface area contributed by atoms with Crippen LogP contribution in [0.1, 0.15) is 11.1 Å². The van der Waals surface area contributed by atoms with Gasteiger partial charge in [-0.3, -0.25) is 9.69 Å². The molecule has 0 spiro atoms. The number of nitrogens with zero attached hydrogens (tertiary/aromatic N) is 3. The lowest BCUT2D eigenvalue weighted by atomic mass is 10.1. The van der Waals surface area contributed by atoms with Crippen molar-refractivity contribution in [3.05, 3.63) is 57.0 Å². The number of likely N-dealkylation sites (N-methyl/N-ethyl adjacent to an activating group) is 1. The maximum absolute atomic E-state index is 12.5. The van der Waals surface area contributed by atoms with Gasteiger partial charge in [-0.05, 0) is 49.2 Å². The van der Waals surface area contributed by atoms with Gasteiger partial charge in [0.25, 0.3) is 5.91 Å². The van der Waals surface area contributed by atoms with Gasteiger partial charge in [0, 0.05) is 22.1 Å². The molecule has 0 aliphatic rings. The lowest BCUT2D eigenvalue weighted by Crippen LogP contribution is -2.31. The normalized spacial score (nSPS) is 10.7. The second-order valence-electron chi connectivity index (χ2n) is 6.01. The Morgan fingerprint density at radius 1 is 1.19 bits per heavy atom. The van der Waals surface area contributed by atoms with Crippen molar-refractivity contribution in [1.82, 2.24) is 10.2 Å². The largest absolute Gasteiger partial charge is 0.484 e. The fourth-order valence-corrected chi connectivity index (χ4v) is 3.60. The molecule has 1 aromatic heterocycles. The molecule has 0 saturated heterocycles. The van der Waals surface area contributed by atoms with Crippen LogP contribution in [0, 0.1) is 13.8 Å². The quantitative estimate of drug-likeness (QED) is 0.513. The number of anilines is 1. The van der Waals surface area contributed by atoms with Gasteiger partial charge in [-0.1, -0.05) is 51.0 Å². The van der Waals surface area contributed by atoms with Crippen molar-refractivity contribution in [2.45, 2.75) is 13.8 Å². The number of amides is 1. The minimum Gasteiger partial charge on any atom is -0.484 e. The van der Waals surface area contributed by atoms with E-state index in [0.717, 1.165) is 26.2 Å². The highest BCUT2D eigenvalue weighted by atomic mass is 79.9. The summed E-state index contributed by atoms with van der Waals surface area (Å²) in [4.78, 5) is 13.9. The molecule has 3 rings (SSSR count). The summed E-state index contributed by atoms with van der Waals surface area (Å²) in [5.74, 6) is 0.405. The maximum Gasteiger partial charge on any atom is 0.266 e. The number of rotatable bonds is 5. The molecule has 0 aliphatic heterocycles. The highest BCUT2D eigenvalue weighted by molar-refractivity contribution is 9.10. The maximum atomic E-state index is 12.5. The standard InChI is InChI=1S/C19H17BrClN3O2S/c1-11-8-15(9-12(2)17(11)21)26-10-16(25)24(3)19-23-22-18(27-19)13-4-6-14(20)7-5-13/h4-9H,10H2,1-3H3. The fourth-order valence-electron chi connectivity index (χ4n) is 2.40. The molecule has 5 nitrogen and oxygen atoms in total. The first-order chi connectivity index (χ1) is 12.8. The first kappa shape index (κ1) is 19.8. The molecule has 0 N–H and O–H groups in total. The van der Waals surface area contributed by atoms with Crippen molar-refractivity contribution in [1.29, 1.82) is 0 Å². The molecule has 1 heterocycles. The van der Waals surface area contributed by atoms with E-state index < -0.39 is 0 Å². The number of hydrogen-bond acceptors (Lipinski definition) is 5. The Morgan fingerprint density at radius 3 is 2.44 bits per heavy atom. The number of carbonyl (C=O) groups excluding carboxylic acids is 1. The molecule has 0 aliphatic carbocycles. The van der Waals surface area contributed by atoms with Crippen LogP contribution in [0.5, 0.6) is 5.75 Å². The van der Waals surface area contributed by atoms with Crippen LogP contribution in [-0.2, 0) is 4.79 Å². The Bertz CT molecular complexity index is 952. The molecule has 1 amide bonds. The molecular formula is C19H17BrClN3O2S. The molecule has 0 fully saturated rings. The predicted molar refractivity (Wildman–Crippen MR) is 113 cm³/mol. The minimum atomic E-state index is -0.209. The number of aryl methyl sites for hydroxylation is 2. The van der Waals surface area contributed by atoms with Crippen molar-refractivity contribution in [2.24, 2.45) is 0 Å². The van der Waals surface area contributed by atoms with E-state index in [0.29, 0.717) is 15.9 Å². The zero-order chi connectivity index (χ0) is 19.6. The van der Waals surface area contributed by atoms with E-state index in [9.17, 15) is 4.79 Å². The van der Waals surface area contributed by atoms with E-state index in [-0.39, 0.29) is 12.5 Å². The van der Waals surface area contributed by atoms with Crippen LogP contribution in [0.2, 0.25) is 5.02 Å². The third-order valence-corrected chi connectivity index (χ3v) is 6.11. The molecule has 0 atom stereocenters. The van der Waals surface area contributed by atoms with Gasteiger partial charge in [0.1, 0.15) is 10.8 Å². The van der Waals surface area contributed by atoms with Crippen LogP contribution in [0.25, 0.3) is 10.6 Å². The summed E-state index contributed by atoms with van der Waals surface area (Å²) in [6, 6.07) is 11.4. The second kappa shape index (κ2) is 8.37. The number of benzene rings is 2. The lowest BCUT2D eigenvalue weighted by molar-refractivity contribution is -0.120. The van der Waals surface area contributed by atoms with Gasteiger partial charge in [0.05, 0.1) is 0 Å². The highest BCUT2D eigenvalue weighted by Crippen LogP contribution is 2.29. The molecule has 0 saturated carbocycles. The van der Waals surface area contributed by atoms with Gasteiger partial charge < -0.3 is 4.74 Å². The van der Waals surface area contributed by atoms with Crippen molar-refractivity contribution < 1.29 is 9.53 Å². The summed E-state index contributed by atoms with van der Waals surface area (Å²) in [7, 11) is 1.66. The third-order valence-electron chi connectivity index (χ3n) is 3.94. The Hall–Kier alpha value is -1.96. The van der Waals surface area contributed by atoms with Crippen LogP contribution in [0.4, 0.5) is 5.13 Å². The summed E-state index contributed by atoms with van der Waals surface area (Å²) in [6.07, 6.45) is 0. The van der Waals surface area contributed by atoms with Crippen molar-refractivity contribution in [2.75, 3.05) is 18.6 Å². The average Bonchev–Trinajstić information content (AvgIpc) is 3.14. The Kier molecular flexibility index (Phi) is 6.14. The highest BCUT2D eigenvalue weighted by Gasteiger charge is 2.17. The van der Waals surface area contributed by atoms with Crippen molar-refractivity contribution >= 4 is 49.9 Å². The lowest BCUT2D eigenvalue weighted by Gasteiger charge is -2.14. The number of halogens is 2. The SMILES string of the molecule is Cc1cc(OCC(=O)N(C)c2nnc(-c3ccc(Br)cc3)s2)cc(C)c1Cl. The van der Waals surface area contributed by atoms with Crippen LogP contribution in [0.15, 0.2) is 40.9 Å². The Labute approximate surface area is 175 Å². The van der Waals surface area contributed by atoms with Gasteiger partial charge in [0.15, 0.2) is 6.61 Å². The van der Waals surface area contributed by atoms with Crippen molar-refractivity contribution in [3.63, 3.8) is 0 Å². The second-order valence-corrected chi connectivity index (χ2v) is 8.26. The molecule has 140 valence electrons. The van der Waals surface area contributed by atoms with Gasteiger partial charge >= 0.3 is 0 Å². The molecule has 3 aromatic rings. The topological polar surface area (TPSA) is 55.3 Å². The Morgan fingerprint density at radius 2 is 1.81 bits per heavy atom. The van der Waals surface area contributed by atoms with Gasteiger partial charge in [-0.15, -0.1) is 10.2 Å². The number of ether oxygens (including phenoxy) is 1. The number of carbonyl (C=O) groups is 1. The third kappa shape index (κ3) is 4.66. The first-order valence-electron chi connectivity index (χ1n) is 8.10. The van der Waals surface area contributed by atoms with Crippen LogP contribution in [-0.4, -0.2) is 29.8 Å². The van der Waals surface area contributed by atoms with Gasteiger partial charge in [-0.2, -0.15) is 0 Å². The van der Waals surface area contributed by atoms with Crippen molar-refractivity contribution in [3.8, 4) is 16.3 Å². The summed E-state index contributed by atoms with van der Waals surface area (Å²) >= 11 is 10.9. The predicted octanol–water partition coefficient (Wildman–Crippen LogP) is 5.28. The summed E-state index contributed by atoms with van der Waals surface area (Å²) in [5.41, 5.74) is 2.78.